The smallest absolute Gasteiger partial charge is 0.186 e. The molecule has 51 heavy (non-hydrogen) atoms. The molecule has 0 saturated carbocycles. The van der Waals surface area contributed by atoms with Gasteiger partial charge in [0.05, 0.1) is 19.8 Å². The molecule has 0 aromatic heterocycles. The summed E-state index contributed by atoms with van der Waals surface area (Å²) in [7, 11) is 0. The normalized spacial score (nSPS) is 21.7. The number of aliphatic hydroxyl groups is 4. The van der Waals surface area contributed by atoms with E-state index in [0.29, 0.717) is 19.8 Å². The van der Waals surface area contributed by atoms with Gasteiger partial charge in [-0.3, -0.25) is 0 Å². The predicted molar refractivity (Wildman–Crippen MR) is 210 cm³/mol. The van der Waals surface area contributed by atoms with Crippen LogP contribution < -0.4 is 0 Å². The molecule has 1 rings (SSSR count). The van der Waals surface area contributed by atoms with Crippen LogP contribution in [0.25, 0.3) is 0 Å². The molecule has 0 radical (unpaired) electrons. The zero-order chi connectivity index (χ0) is 37.0. The van der Waals surface area contributed by atoms with Crippen LogP contribution in [0.5, 0.6) is 0 Å². The molecule has 0 bridgehead atoms. The van der Waals surface area contributed by atoms with Crippen LogP contribution in [0.3, 0.4) is 0 Å². The van der Waals surface area contributed by atoms with Crippen LogP contribution in [0, 0.1) is 0 Å². The molecule has 1 heterocycles. The van der Waals surface area contributed by atoms with Crippen molar-refractivity contribution >= 4 is 0 Å². The first-order chi connectivity index (χ1) is 25.0. The van der Waals surface area contributed by atoms with Gasteiger partial charge in [0, 0.05) is 13.2 Å². The Morgan fingerprint density at radius 2 is 1.00 bits per heavy atom. The Labute approximate surface area is 313 Å². The molecule has 0 spiro atoms. The van der Waals surface area contributed by atoms with Crippen molar-refractivity contribution in [3.05, 3.63) is 24.3 Å². The predicted octanol–water partition coefficient (Wildman–Crippen LogP) is 9.50. The minimum atomic E-state index is -1.46. The van der Waals surface area contributed by atoms with Crippen LogP contribution in [0.15, 0.2) is 24.3 Å². The second kappa shape index (κ2) is 36.2. The third-order valence-electron chi connectivity index (χ3n) is 9.94. The first-order valence-corrected chi connectivity index (χ1v) is 21.5. The van der Waals surface area contributed by atoms with Gasteiger partial charge >= 0.3 is 0 Å². The Kier molecular flexibility index (Phi) is 34.2. The molecule has 0 amide bonds. The SMILES string of the molecule is CCCCC/C=C\C/C=C\CCCCCCCCOC[C@H](CO[C@@H]1O[C@H](CO)[C@H](O)[C@H](O)[C@H]1O)OCCCCCCCCCCCCCCCC. The summed E-state index contributed by atoms with van der Waals surface area (Å²) in [6.45, 7) is 5.78. The van der Waals surface area contributed by atoms with Crippen LogP contribution in [0.1, 0.15) is 181 Å². The fourth-order valence-electron chi connectivity index (χ4n) is 6.51. The van der Waals surface area contributed by atoms with E-state index >= 15 is 0 Å². The van der Waals surface area contributed by atoms with E-state index in [1.807, 2.05) is 0 Å². The number of allylic oxidation sites excluding steroid dienone is 4. The maximum atomic E-state index is 10.4. The molecule has 8 heteroatoms. The third kappa shape index (κ3) is 27.4. The third-order valence-corrected chi connectivity index (χ3v) is 9.94. The summed E-state index contributed by atoms with van der Waals surface area (Å²) in [6.07, 6.45) is 35.2. The zero-order valence-electron chi connectivity index (χ0n) is 33.1. The van der Waals surface area contributed by atoms with Crippen molar-refractivity contribution < 1.29 is 39.4 Å². The molecule has 4 N–H and O–H groups in total. The van der Waals surface area contributed by atoms with E-state index in [1.165, 1.54) is 135 Å². The van der Waals surface area contributed by atoms with Gasteiger partial charge in [-0.15, -0.1) is 0 Å². The Bertz CT molecular complexity index is 775. The van der Waals surface area contributed by atoms with Gasteiger partial charge in [0.25, 0.3) is 0 Å². The number of unbranched alkanes of at least 4 members (excludes halogenated alkanes) is 22. The van der Waals surface area contributed by atoms with E-state index in [-0.39, 0.29) is 12.7 Å². The summed E-state index contributed by atoms with van der Waals surface area (Å²) in [5.74, 6) is 0. The summed E-state index contributed by atoms with van der Waals surface area (Å²) in [5.41, 5.74) is 0. The van der Waals surface area contributed by atoms with Crippen molar-refractivity contribution in [2.45, 2.75) is 218 Å². The highest BCUT2D eigenvalue weighted by Crippen LogP contribution is 2.22. The number of hydrogen-bond acceptors (Lipinski definition) is 8. The van der Waals surface area contributed by atoms with E-state index in [4.69, 9.17) is 18.9 Å². The summed E-state index contributed by atoms with van der Waals surface area (Å²) >= 11 is 0. The highest BCUT2D eigenvalue weighted by atomic mass is 16.7. The Morgan fingerprint density at radius 1 is 0.529 bits per heavy atom. The van der Waals surface area contributed by atoms with Gasteiger partial charge in [0.15, 0.2) is 6.29 Å². The molecule has 6 atom stereocenters. The lowest BCUT2D eigenvalue weighted by molar-refractivity contribution is -0.306. The molecule has 1 aliphatic rings. The molecule has 1 fully saturated rings. The summed E-state index contributed by atoms with van der Waals surface area (Å²) in [4.78, 5) is 0. The molecule has 302 valence electrons. The minimum absolute atomic E-state index is 0.116. The first-order valence-electron chi connectivity index (χ1n) is 21.5. The summed E-state index contributed by atoms with van der Waals surface area (Å²) in [5, 5.41) is 40.1. The van der Waals surface area contributed by atoms with Crippen molar-refractivity contribution in [3.8, 4) is 0 Å². The minimum Gasteiger partial charge on any atom is -0.394 e. The first kappa shape index (κ1) is 48.2. The monoisotopic (exact) mass is 727 g/mol. The average Bonchev–Trinajstić information content (AvgIpc) is 3.14. The molecule has 0 aromatic carbocycles. The summed E-state index contributed by atoms with van der Waals surface area (Å²) < 4.78 is 23.5. The number of aliphatic hydroxyl groups excluding tert-OH is 4. The molecule has 0 aliphatic carbocycles. The van der Waals surface area contributed by atoms with Crippen LogP contribution in [-0.4, -0.2) is 90.3 Å². The average molecular weight is 727 g/mol. The van der Waals surface area contributed by atoms with Crippen molar-refractivity contribution in [3.63, 3.8) is 0 Å². The van der Waals surface area contributed by atoms with E-state index in [9.17, 15) is 20.4 Å². The van der Waals surface area contributed by atoms with Gasteiger partial charge in [0.1, 0.15) is 30.5 Å². The largest absolute Gasteiger partial charge is 0.394 e. The molecule has 1 aliphatic heterocycles. The Hall–Kier alpha value is -0.840. The zero-order valence-corrected chi connectivity index (χ0v) is 33.1. The van der Waals surface area contributed by atoms with Crippen molar-refractivity contribution in [1.29, 1.82) is 0 Å². The van der Waals surface area contributed by atoms with Crippen LogP contribution in [0.4, 0.5) is 0 Å². The molecular formula is C43H82O8. The maximum absolute atomic E-state index is 10.4. The molecule has 0 unspecified atom stereocenters. The lowest BCUT2D eigenvalue weighted by Gasteiger charge is -2.39. The summed E-state index contributed by atoms with van der Waals surface area (Å²) in [6, 6.07) is 0. The number of ether oxygens (including phenoxy) is 4. The van der Waals surface area contributed by atoms with Crippen LogP contribution in [0.2, 0.25) is 0 Å². The van der Waals surface area contributed by atoms with Crippen LogP contribution >= 0.6 is 0 Å². The maximum Gasteiger partial charge on any atom is 0.186 e. The lowest BCUT2D eigenvalue weighted by Crippen LogP contribution is -2.59. The molecular weight excluding hydrogens is 644 g/mol. The highest BCUT2D eigenvalue weighted by molar-refractivity contribution is 4.92. The Morgan fingerprint density at radius 3 is 1.55 bits per heavy atom. The highest BCUT2D eigenvalue weighted by Gasteiger charge is 2.44. The Balaban J connectivity index is 2.22. The van der Waals surface area contributed by atoms with Gasteiger partial charge in [-0.2, -0.15) is 0 Å². The second-order valence-corrected chi connectivity index (χ2v) is 14.8. The van der Waals surface area contributed by atoms with E-state index in [1.54, 1.807) is 0 Å². The van der Waals surface area contributed by atoms with Gasteiger partial charge in [-0.25, -0.2) is 0 Å². The quantitative estimate of drug-likeness (QED) is 0.0370. The van der Waals surface area contributed by atoms with E-state index in [2.05, 4.69) is 38.2 Å². The number of hydrogen-bond donors (Lipinski definition) is 4. The van der Waals surface area contributed by atoms with E-state index < -0.39 is 37.3 Å². The van der Waals surface area contributed by atoms with Crippen molar-refractivity contribution in [2.24, 2.45) is 0 Å². The van der Waals surface area contributed by atoms with Gasteiger partial charge in [0.2, 0.25) is 0 Å². The fourth-order valence-corrected chi connectivity index (χ4v) is 6.51. The second-order valence-electron chi connectivity index (χ2n) is 14.8. The molecule has 8 nitrogen and oxygen atoms in total. The van der Waals surface area contributed by atoms with E-state index in [0.717, 1.165) is 32.1 Å². The van der Waals surface area contributed by atoms with Gasteiger partial charge < -0.3 is 39.4 Å². The fraction of sp³-hybridized carbons (Fsp3) is 0.907. The van der Waals surface area contributed by atoms with Gasteiger partial charge in [-0.1, -0.05) is 160 Å². The molecule has 0 aromatic rings. The van der Waals surface area contributed by atoms with Crippen molar-refractivity contribution in [2.75, 3.05) is 33.0 Å². The number of rotatable bonds is 37. The van der Waals surface area contributed by atoms with Crippen molar-refractivity contribution in [1.82, 2.24) is 0 Å². The standard InChI is InChI=1S/C43H82O8/c1-3-5-7-9-11-13-15-17-19-20-21-23-25-27-29-31-33-48-36-38(37-50-43-42(47)41(46)40(45)39(35-44)51-43)49-34-32-30-28-26-24-22-18-16-14-12-10-8-6-4-2/h11,13,17,19,38-47H,3-10,12,14-16,18,20-37H2,1-2H3/b13-11-,19-17-/t38-,39-,40+,41+,42-,43-/m1/s1. The lowest BCUT2D eigenvalue weighted by atomic mass is 9.99. The topological polar surface area (TPSA) is 118 Å². The molecule has 1 saturated heterocycles. The van der Waals surface area contributed by atoms with Gasteiger partial charge in [-0.05, 0) is 44.9 Å². The van der Waals surface area contributed by atoms with Crippen LogP contribution in [-0.2, 0) is 18.9 Å².